The number of fused-ring (bicyclic) bond motifs is 2. The summed E-state index contributed by atoms with van der Waals surface area (Å²) < 4.78 is 21.0. The molecule has 2 aromatic rings. The van der Waals surface area contributed by atoms with E-state index in [4.69, 9.17) is 4.74 Å². The van der Waals surface area contributed by atoms with Crippen LogP contribution in [0.5, 0.6) is 5.88 Å². The molecule has 7 nitrogen and oxygen atoms in total. The van der Waals surface area contributed by atoms with E-state index < -0.39 is 0 Å². The van der Waals surface area contributed by atoms with Gasteiger partial charge in [-0.15, -0.1) is 0 Å². The highest BCUT2D eigenvalue weighted by molar-refractivity contribution is 6.26. The summed E-state index contributed by atoms with van der Waals surface area (Å²) in [5.41, 5.74) is 8.17. The largest absolute Gasteiger partial charge is 0.474 e. The fourth-order valence-corrected chi connectivity index (χ4v) is 5.93. The lowest BCUT2D eigenvalue weighted by atomic mass is 9.95. The fourth-order valence-electron chi connectivity index (χ4n) is 5.93. The normalized spacial score (nSPS) is 17.4. The van der Waals surface area contributed by atoms with Gasteiger partial charge < -0.3 is 20.3 Å². The van der Waals surface area contributed by atoms with Crippen LogP contribution in [0.1, 0.15) is 50.8 Å². The third-order valence-corrected chi connectivity index (χ3v) is 8.26. The van der Waals surface area contributed by atoms with Gasteiger partial charge in [-0.05, 0) is 86.3 Å². The van der Waals surface area contributed by atoms with E-state index >= 15 is 4.39 Å². The van der Waals surface area contributed by atoms with Gasteiger partial charge in [0.2, 0.25) is 5.88 Å². The first-order valence-corrected chi connectivity index (χ1v) is 14.1. The Kier molecular flexibility index (Phi) is 7.90. The first-order valence-electron chi connectivity index (χ1n) is 14.1. The number of carbonyl (C=O) groups is 2. The third-order valence-electron chi connectivity index (χ3n) is 8.26. The number of nitrogens with zero attached hydrogens (tertiary/aromatic N) is 2. The molecule has 210 valence electrons. The molecule has 0 saturated heterocycles. The maximum Gasteiger partial charge on any atom is 0.251 e. The van der Waals surface area contributed by atoms with E-state index in [9.17, 15) is 9.59 Å². The lowest BCUT2D eigenvalue weighted by Crippen LogP contribution is -2.35. The highest BCUT2D eigenvalue weighted by Crippen LogP contribution is 2.41. The summed E-state index contributed by atoms with van der Waals surface area (Å²) in [4.78, 5) is 32.9. The standard InChI is InChI=1S/C32H37FN4O3/c1-6-37(7-2)10-8-35-31(39)29-18(3)12-21(19(29)4)13-25-23-16-24(27(33)14-22(23)15-28(25)38)26-17-36-32-30(20(26)5)34-9-11-40-32/h13-14,16-17,34H,6-12,15H2,1-5H3,(H,35,39)/b25-13-. The Labute approximate surface area is 235 Å². The van der Waals surface area contributed by atoms with Crippen molar-refractivity contribution in [2.24, 2.45) is 0 Å². The van der Waals surface area contributed by atoms with Gasteiger partial charge in [0.1, 0.15) is 18.1 Å². The minimum atomic E-state index is -0.383. The van der Waals surface area contributed by atoms with Gasteiger partial charge in [0.25, 0.3) is 5.91 Å². The van der Waals surface area contributed by atoms with Crippen LogP contribution < -0.4 is 15.4 Å². The molecule has 40 heavy (non-hydrogen) atoms. The van der Waals surface area contributed by atoms with E-state index in [1.54, 1.807) is 12.3 Å². The van der Waals surface area contributed by atoms with E-state index in [0.29, 0.717) is 59.8 Å². The van der Waals surface area contributed by atoms with Crippen molar-refractivity contribution >= 4 is 23.0 Å². The van der Waals surface area contributed by atoms with Crippen LogP contribution in [0.25, 0.3) is 16.7 Å². The molecule has 0 unspecified atom stereocenters. The van der Waals surface area contributed by atoms with Gasteiger partial charge in [0, 0.05) is 54.5 Å². The van der Waals surface area contributed by atoms with E-state index in [-0.39, 0.29) is 23.9 Å². The van der Waals surface area contributed by atoms with Gasteiger partial charge in [-0.3, -0.25) is 9.59 Å². The highest BCUT2D eigenvalue weighted by Gasteiger charge is 2.30. The zero-order chi connectivity index (χ0) is 28.6. The summed E-state index contributed by atoms with van der Waals surface area (Å²) >= 11 is 0. The molecule has 8 heteroatoms. The first kappa shape index (κ1) is 27.8. The summed E-state index contributed by atoms with van der Waals surface area (Å²) in [7, 11) is 0. The van der Waals surface area contributed by atoms with Crippen LogP contribution >= 0.6 is 0 Å². The number of rotatable bonds is 8. The zero-order valence-electron chi connectivity index (χ0n) is 24.0. The lowest BCUT2D eigenvalue weighted by Gasteiger charge is -2.21. The number of ether oxygens (including phenoxy) is 1. The second kappa shape index (κ2) is 11.4. The van der Waals surface area contributed by atoms with Gasteiger partial charge in [-0.25, -0.2) is 9.37 Å². The molecule has 1 aromatic carbocycles. The molecule has 0 radical (unpaired) electrons. The van der Waals surface area contributed by atoms with Crippen molar-refractivity contribution in [2.75, 3.05) is 44.6 Å². The quantitative estimate of drug-likeness (QED) is 0.455. The van der Waals surface area contributed by atoms with Crippen LogP contribution in [0, 0.1) is 12.7 Å². The number of Topliss-reactive ketones (excluding diaryl/α,β-unsaturated/α-hetero) is 1. The van der Waals surface area contributed by atoms with Crippen LogP contribution in [-0.2, 0) is 16.0 Å². The Morgan fingerprint density at radius 3 is 2.67 bits per heavy atom. The Morgan fingerprint density at radius 1 is 1.15 bits per heavy atom. The second-order valence-electron chi connectivity index (χ2n) is 10.7. The summed E-state index contributed by atoms with van der Waals surface area (Å²) in [6.07, 6.45) is 4.29. The second-order valence-corrected chi connectivity index (χ2v) is 10.7. The number of hydrogen-bond donors (Lipinski definition) is 2. The molecule has 0 bridgehead atoms. The average Bonchev–Trinajstić information content (AvgIpc) is 3.39. The van der Waals surface area contributed by atoms with E-state index in [1.807, 2.05) is 26.8 Å². The van der Waals surface area contributed by atoms with Gasteiger partial charge in [-0.1, -0.05) is 19.4 Å². The number of carbonyl (C=O) groups excluding carboxylic acids is 2. The minimum absolute atomic E-state index is 0.0445. The number of pyridine rings is 1. The van der Waals surface area contributed by atoms with Gasteiger partial charge in [0.05, 0.1) is 0 Å². The van der Waals surface area contributed by atoms with Crippen molar-refractivity contribution in [3.8, 4) is 17.0 Å². The predicted octanol–water partition coefficient (Wildman–Crippen LogP) is 5.00. The summed E-state index contributed by atoms with van der Waals surface area (Å²) in [5.74, 6) is 0.0130. The molecule has 1 aromatic heterocycles. The summed E-state index contributed by atoms with van der Waals surface area (Å²) in [5, 5.41) is 6.36. The van der Waals surface area contributed by atoms with Crippen LogP contribution in [0.15, 0.2) is 46.7 Å². The van der Waals surface area contributed by atoms with Crippen molar-refractivity contribution in [3.05, 3.63) is 69.2 Å². The van der Waals surface area contributed by atoms with E-state index in [0.717, 1.165) is 53.2 Å². The number of halogens is 1. The number of nitrogens with one attached hydrogen (secondary N) is 2. The number of benzene rings is 1. The fraction of sp³-hybridized carbons (Fsp3) is 0.406. The highest BCUT2D eigenvalue weighted by atomic mass is 19.1. The molecule has 1 amide bonds. The first-order chi connectivity index (χ1) is 19.2. The number of likely N-dealkylation sites (N-methyl/N-ethyl adjacent to an activating group) is 1. The van der Waals surface area contributed by atoms with Crippen molar-refractivity contribution in [3.63, 3.8) is 0 Å². The molecule has 0 fully saturated rings. The zero-order valence-corrected chi connectivity index (χ0v) is 24.0. The molecule has 1 aliphatic heterocycles. The topological polar surface area (TPSA) is 83.6 Å². The number of amides is 1. The van der Waals surface area contributed by atoms with Gasteiger partial charge in [-0.2, -0.15) is 0 Å². The van der Waals surface area contributed by atoms with Crippen molar-refractivity contribution < 1.29 is 18.7 Å². The lowest BCUT2D eigenvalue weighted by molar-refractivity contribution is -0.117. The van der Waals surface area contributed by atoms with Gasteiger partial charge in [0.15, 0.2) is 5.78 Å². The summed E-state index contributed by atoms with van der Waals surface area (Å²) in [6.45, 7) is 14.5. The van der Waals surface area contributed by atoms with Crippen molar-refractivity contribution in [1.82, 2.24) is 15.2 Å². The minimum Gasteiger partial charge on any atom is -0.474 e. The van der Waals surface area contributed by atoms with Gasteiger partial charge >= 0.3 is 0 Å². The maximum absolute atomic E-state index is 15.4. The molecule has 2 N–H and O–H groups in total. The Hall–Kier alpha value is -3.78. The average molecular weight is 545 g/mol. The molecule has 2 heterocycles. The number of hydrogen-bond acceptors (Lipinski definition) is 6. The number of anilines is 1. The number of aromatic nitrogens is 1. The van der Waals surface area contributed by atoms with Crippen LogP contribution in [0.3, 0.4) is 0 Å². The van der Waals surface area contributed by atoms with Crippen LogP contribution in [0.4, 0.5) is 10.1 Å². The van der Waals surface area contributed by atoms with Crippen molar-refractivity contribution in [1.29, 1.82) is 0 Å². The smallest absolute Gasteiger partial charge is 0.251 e. The Morgan fingerprint density at radius 2 is 1.93 bits per heavy atom. The molecule has 0 saturated carbocycles. The van der Waals surface area contributed by atoms with E-state index in [1.165, 1.54) is 6.07 Å². The number of allylic oxidation sites excluding steroid dienone is 4. The number of ketones is 1. The SMILES string of the molecule is CCN(CC)CCNC(=O)C1=C(C)CC(/C=C2\C(=O)Cc3cc(F)c(-c4cnc5c(c4C)NCCO5)cc32)=C1C. The van der Waals surface area contributed by atoms with Crippen molar-refractivity contribution in [2.45, 2.75) is 47.5 Å². The molecule has 3 aliphatic rings. The molecule has 0 spiro atoms. The maximum atomic E-state index is 15.4. The van der Waals surface area contributed by atoms with E-state index in [2.05, 4.69) is 34.4 Å². The molecule has 0 atom stereocenters. The Balaban J connectivity index is 1.44. The third kappa shape index (κ3) is 5.08. The predicted molar refractivity (Wildman–Crippen MR) is 156 cm³/mol. The molecule has 5 rings (SSSR count). The molecular weight excluding hydrogens is 507 g/mol. The Bertz CT molecular complexity index is 1480. The van der Waals surface area contributed by atoms with Crippen LogP contribution in [0.2, 0.25) is 0 Å². The van der Waals surface area contributed by atoms with Crippen LogP contribution in [-0.4, -0.2) is 60.9 Å². The molecular formula is C32H37FN4O3. The monoisotopic (exact) mass is 544 g/mol. The molecule has 2 aliphatic carbocycles. The summed E-state index contributed by atoms with van der Waals surface area (Å²) in [6, 6.07) is 3.24.